The normalized spacial score (nSPS) is 14.3. The molecular formula is C13H24ClN3. The molecule has 0 aromatic carbocycles. The van der Waals surface area contributed by atoms with E-state index in [-0.39, 0.29) is 10.8 Å². The molecule has 0 N–H and O–H groups in total. The van der Waals surface area contributed by atoms with Crippen LogP contribution in [0.1, 0.15) is 59.3 Å². The highest BCUT2D eigenvalue weighted by Gasteiger charge is 2.21. The van der Waals surface area contributed by atoms with E-state index in [2.05, 4.69) is 44.7 Å². The second-order valence-electron chi connectivity index (χ2n) is 5.94. The van der Waals surface area contributed by atoms with Crippen LogP contribution in [0, 0.1) is 5.41 Å². The van der Waals surface area contributed by atoms with Crippen molar-refractivity contribution >= 4 is 11.6 Å². The van der Waals surface area contributed by atoms with E-state index in [1.54, 1.807) is 6.33 Å². The van der Waals surface area contributed by atoms with Gasteiger partial charge < -0.3 is 0 Å². The average molecular weight is 258 g/mol. The summed E-state index contributed by atoms with van der Waals surface area (Å²) in [6, 6.07) is 0.377. The van der Waals surface area contributed by atoms with Gasteiger partial charge in [-0.25, -0.2) is 9.67 Å². The van der Waals surface area contributed by atoms with Crippen molar-refractivity contribution in [3.8, 4) is 0 Å². The molecule has 0 fully saturated rings. The van der Waals surface area contributed by atoms with E-state index in [9.17, 15) is 0 Å². The van der Waals surface area contributed by atoms with Crippen LogP contribution < -0.4 is 0 Å². The number of aryl methyl sites for hydroxylation is 1. The lowest BCUT2D eigenvalue weighted by molar-refractivity contribution is 0.366. The molecule has 0 spiro atoms. The Morgan fingerprint density at radius 1 is 1.35 bits per heavy atom. The molecule has 1 rings (SSSR count). The molecule has 0 bridgehead atoms. The van der Waals surface area contributed by atoms with Crippen LogP contribution in [0.5, 0.6) is 0 Å². The van der Waals surface area contributed by atoms with Crippen molar-refractivity contribution in [1.82, 2.24) is 14.8 Å². The molecule has 1 aromatic rings. The first-order valence-corrected chi connectivity index (χ1v) is 6.78. The Morgan fingerprint density at radius 3 is 2.53 bits per heavy atom. The maximum absolute atomic E-state index is 6.36. The van der Waals surface area contributed by atoms with E-state index >= 15 is 0 Å². The standard InChI is InChI=1S/C13H24ClN3/c1-10(2)17-12(15-9-16-17)8-6-7-11(14)13(3,4)5/h9-11H,6-8H2,1-5H3. The first kappa shape index (κ1) is 14.5. The summed E-state index contributed by atoms with van der Waals surface area (Å²) < 4.78 is 1.99. The predicted octanol–water partition coefficient (Wildman–Crippen LogP) is 3.84. The molecule has 17 heavy (non-hydrogen) atoms. The summed E-state index contributed by atoms with van der Waals surface area (Å²) in [5.74, 6) is 1.07. The van der Waals surface area contributed by atoms with Gasteiger partial charge in [-0.15, -0.1) is 11.6 Å². The van der Waals surface area contributed by atoms with Gasteiger partial charge >= 0.3 is 0 Å². The van der Waals surface area contributed by atoms with Crippen molar-refractivity contribution < 1.29 is 0 Å². The van der Waals surface area contributed by atoms with Gasteiger partial charge in [0.2, 0.25) is 0 Å². The van der Waals surface area contributed by atoms with Gasteiger partial charge in [0.25, 0.3) is 0 Å². The molecule has 0 saturated heterocycles. The first-order chi connectivity index (χ1) is 7.82. The lowest BCUT2D eigenvalue weighted by Crippen LogP contribution is -2.20. The van der Waals surface area contributed by atoms with Gasteiger partial charge in [-0.2, -0.15) is 5.10 Å². The minimum Gasteiger partial charge on any atom is -0.248 e. The summed E-state index contributed by atoms with van der Waals surface area (Å²) in [5, 5.41) is 4.46. The van der Waals surface area contributed by atoms with Crippen LogP contribution in [-0.4, -0.2) is 20.1 Å². The first-order valence-electron chi connectivity index (χ1n) is 6.35. The van der Waals surface area contributed by atoms with Crippen molar-refractivity contribution in [2.24, 2.45) is 5.41 Å². The largest absolute Gasteiger partial charge is 0.248 e. The Balaban J connectivity index is 2.44. The molecule has 0 aliphatic carbocycles. The summed E-state index contributed by atoms with van der Waals surface area (Å²) >= 11 is 6.36. The molecule has 1 atom stereocenters. The summed E-state index contributed by atoms with van der Waals surface area (Å²) in [4.78, 5) is 4.31. The lowest BCUT2D eigenvalue weighted by atomic mass is 9.89. The Bertz CT molecular complexity index is 339. The molecule has 0 amide bonds. The second kappa shape index (κ2) is 5.85. The van der Waals surface area contributed by atoms with E-state index in [1.165, 1.54) is 0 Å². The fraction of sp³-hybridized carbons (Fsp3) is 0.846. The van der Waals surface area contributed by atoms with Gasteiger partial charge in [-0.05, 0) is 32.1 Å². The Labute approximate surface area is 110 Å². The number of rotatable bonds is 5. The minimum absolute atomic E-state index is 0.174. The van der Waals surface area contributed by atoms with E-state index in [1.807, 2.05) is 4.68 Å². The SMILES string of the molecule is CC(C)n1ncnc1CCCC(Cl)C(C)(C)C. The van der Waals surface area contributed by atoms with Gasteiger partial charge in [0.15, 0.2) is 0 Å². The van der Waals surface area contributed by atoms with Crippen LogP contribution in [0.25, 0.3) is 0 Å². The van der Waals surface area contributed by atoms with Gasteiger partial charge in [0.1, 0.15) is 12.2 Å². The van der Waals surface area contributed by atoms with E-state index in [0.717, 1.165) is 25.1 Å². The minimum atomic E-state index is 0.174. The molecule has 1 heterocycles. The number of halogens is 1. The van der Waals surface area contributed by atoms with Crippen LogP contribution in [0.15, 0.2) is 6.33 Å². The Morgan fingerprint density at radius 2 is 2.00 bits per heavy atom. The summed E-state index contributed by atoms with van der Waals surface area (Å²) in [5.41, 5.74) is 0.174. The number of hydrogen-bond donors (Lipinski definition) is 0. The van der Waals surface area contributed by atoms with Gasteiger partial charge in [0, 0.05) is 17.8 Å². The van der Waals surface area contributed by atoms with Gasteiger partial charge in [-0.3, -0.25) is 0 Å². The highest BCUT2D eigenvalue weighted by Crippen LogP contribution is 2.28. The van der Waals surface area contributed by atoms with Crippen LogP contribution >= 0.6 is 11.6 Å². The van der Waals surface area contributed by atoms with E-state index in [4.69, 9.17) is 11.6 Å². The van der Waals surface area contributed by atoms with Crippen molar-refractivity contribution in [2.45, 2.75) is 65.3 Å². The zero-order valence-corrected chi connectivity index (χ0v) is 12.3. The molecule has 98 valence electrons. The quantitative estimate of drug-likeness (QED) is 0.751. The summed E-state index contributed by atoms with van der Waals surface area (Å²) in [6.45, 7) is 10.8. The highest BCUT2D eigenvalue weighted by atomic mass is 35.5. The number of nitrogens with zero attached hydrogens (tertiary/aromatic N) is 3. The third-order valence-corrected chi connectivity index (χ3v) is 3.81. The van der Waals surface area contributed by atoms with Gasteiger partial charge in [0.05, 0.1) is 0 Å². The predicted molar refractivity (Wildman–Crippen MR) is 72.4 cm³/mol. The number of alkyl halides is 1. The molecular weight excluding hydrogens is 234 g/mol. The van der Waals surface area contributed by atoms with Gasteiger partial charge in [-0.1, -0.05) is 20.8 Å². The summed E-state index contributed by atoms with van der Waals surface area (Å²) in [6.07, 6.45) is 4.68. The third kappa shape index (κ3) is 4.30. The second-order valence-corrected chi connectivity index (χ2v) is 6.47. The smallest absolute Gasteiger partial charge is 0.138 e. The Kier molecular flexibility index (Phi) is 4.99. The molecule has 0 saturated carbocycles. The molecule has 1 unspecified atom stereocenters. The van der Waals surface area contributed by atoms with E-state index < -0.39 is 0 Å². The van der Waals surface area contributed by atoms with Crippen molar-refractivity contribution in [1.29, 1.82) is 0 Å². The average Bonchev–Trinajstić information content (AvgIpc) is 2.64. The van der Waals surface area contributed by atoms with Crippen molar-refractivity contribution in [3.05, 3.63) is 12.2 Å². The van der Waals surface area contributed by atoms with Crippen molar-refractivity contribution in [3.63, 3.8) is 0 Å². The van der Waals surface area contributed by atoms with E-state index in [0.29, 0.717) is 6.04 Å². The zero-order valence-electron chi connectivity index (χ0n) is 11.6. The summed E-state index contributed by atoms with van der Waals surface area (Å²) in [7, 11) is 0. The topological polar surface area (TPSA) is 30.7 Å². The monoisotopic (exact) mass is 257 g/mol. The highest BCUT2D eigenvalue weighted by molar-refractivity contribution is 6.21. The van der Waals surface area contributed by atoms with Crippen LogP contribution in [0.3, 0.4) is 0 Å². The maximum atomic E-state index is 6.36. The molecule has 4 heteroatoms. The van der Waals surface area contributed by atoms with Crippen LogP contribution in [0.4, 0.5) is 0 Å². The van der Waals surface area contributed by atoms with Crippen LogP contribution in [-0.2, 0) is 6.42 Å². The van der Waals surface area contributed by atoms with Crippen molar-refractivity contribution in [2.75, 3.05) is 0 Å². The molecule has 0 radical (unpaired) electrons. The third-order valence-electron chi connectivity index (χ3n) is 2.93. The zero-order chi connectivity index (χ0) is 13.1. The number of hydrogen-bond acceptors (Lipinski definition) is 2. The molecule has 1 aromatic heterocycles. The molecule has 0 aliphatic heterocycles. The Hall–Kier alpha value is -0.570. The fourth-order valence-corrected chi connectivity index (χ4v) is 1.91. The van der Waals surface area contributed by atoms with Crippen LogP contribution in [0.2, 0.25) is 0 Å². The fourth-order valence-electron chi connectivity index (χ4n) is 1.76. The molecule has 0 aliphatic rings. The molecule has 3 nitrogen and oxygen atoms in total. The maximum Gasteiger partial charge on any atom is 0.138 e. The number of aromatic nitrogens is 3. The lowest BCUT2D eigenvalue weighted by Gasteiger charge is -2.24.